The second-order valence-electron chi connectivity index (χ2n) is 4.80. The maximum absolute atomic E-state index is 11.8. The number of thiocarbonyl (C=S) groups is 1. The molecule has 116 valence electrons. The Balaban J connectivity index is 1.80. The van der Waals surface area contributed by atoms with Gasteiger partial charge in [-0.2, -0.15) is 5.26 Å². The van der Waals surface area contributed by atoms with Crippen molar-refractivity contribution in [3.05, 3.63) is 59.7 Å². The second kappa shape index (κ2) is 7.92. The van der Waals surface area contributed by atoms with E-state index in [2.05, 4.69) is 10.6 Å². The lowest BCUT2D eigenvalue weighted by Gasteiger charge is -2.10. The maximum atomic E-state index is 11.8. The van der Waals surface area contributed by atoms with E-state index in [9.17, 15) is 4.79 Å². The molecule has 0 bridgehead atoms. The Labute approximate surface area is 139 Å². The minimum atomic E-state index is -0.349. The van der Waals surface area contributed by atoms with Crippen LogP contribution in [-0.2, 0) is 4.79 Å². The van der Waals surface area contributed by atoms with Gasteiger partial charge in [0.1, 0.15) is 5.75 Å². The van der Waals surface area contributed by atoms with Crippen molar-refractivity contribution in [2.24, 2.45) is 0 Å². The number of anilines is 1. The molecule has 0 aromatic heterocycles. The minimum absolute atomic E-state index is 0.126. The van der Waals surface area contributed by atoms with E-state index < -0.39 is 0 Å². The highest BCUT2D eigenvalue weighted by molar-refractivity contribution is 7.80. The first kappa shape index (κ1) is 16.5. The summed E-state index contributed by atoms with van der Waals surface area (Å²) in [5.41, 5.74) is 2.30. The lowest BCUT2D eigenvalue weighted by molar-refractivity contribution is -0.121. The van der Waals surface area contributed by atoms with Crippen LogP contribution in [-0.4, -0.2) is 17.6 Å². The van der Waals surface area contributed by atoms with Crippen LogP contribution in [0.4, 0.5) is 5.69 Å². The average molecular weight is 325 g/mol. The van der Waals surface area contributed by atoms with Gasteiger partial charge >= 0.3 is 0 Å². The van der Waals surface area contributed by atoms with Crippen molar-refractivity contribution in [1.82, 2.24) is 5.32 Å². The third-order valence-corrected chi connectivity index (χ3v) is 3.09. The molecule has 0 fully saturated rings. The van der Waals surface area contributed by atoms with Gasteiger partial charge in [0, 0.05) is 5.69 Å². The lowest BCUT2D eigenvalue weighted by atomic mass is 10.2. The van der Waals surface area contributed by atoms with E-state index in [1.807, 2.05) is 31.2 Å². The number of carbonyl (C=O) groups excluding carboxylic acids is 1. The molecular formula is C17H15N3O2S. The molecule has 2 rings (SSSR count). The Morgan fingerprint density at radius 2 is 2.00 bits per heavy atom. The molecule has 5 nitrogen and oxygen atoms in total. The molecule has 0 heterocycles. The van der Waals surface area contributed by atoms with E-state index in [4.69, 9.17) is 22.2 Å². The molecule has 1 amide bonds. The summed E-state index contributed by atoms with van der Waals surface area (Å²) in [7, 11) is 0. The van der Waals surface area contributed by atoms with E-state index in [0.717, 1.165) is 5.56 Å². The number of ether oxygens (including phenoxy) is 1. The summed E-state index contributed by atoms with van der Waals surface area (Å²) in [4.78, 5) is 11.8. The van der Waals surface area contributed by atoms with E-state index in [1.165, 1.54) is 0 Å². The molecule has 0 saturated heterocycles. The molecule has 0 aliphatic carbocycles. The third kappa shape index (κ3) is 5.41. The molecule has 2 aromatic rings. The molecule has 0 aliphatic rings. The minimum Gasteiger partial charge on any atom is -0.484 e. The lowest BCUT2D eigenvalue weighted by Crippen LogP contribution is -2.37. The number of nitrogens with zero attached hydrogens (tertiary/aromatic N) is 1. The SMILES string of the molecule is Cc1cccc(OCC(=O)NC(=S)Nc2ccc(C#N)cc2)c1. The van der Waals surface area contributed by atoms with Crippen LogP contribution in [0.2, 0.25) is 0 Å². The predicted molar refractivity (Wildman–Crippen MR) is 92.2 cm³/mol. The van der Waals surface area contributed by atoms with Crippen LogP contribution in [0.25, 0.3) is 0 Å². The quantitative estimate of drug-likeness (QED) is 0.846. The van der Waals surface area contributed by atoms with E-state index in [-0.39, 0.29) is 17.6 Å². The fourth-order valence-corrected chi connectivity index (χ4v) is 2.04. The predicted octanol–water partition coefficient (Wildman–Crippen LogP) is 2.76. The maximum Gasteiger partial charge on any atom is 0.264 e. The Morgan fingerprint density at radius 3 is 2.65 bits per heavy atom. The van der Waals surface area contributed by atoms with Crippen LogP contribution in [0.15, 0.2) is 48.5 Å². The summed E-state index contributed by atoms with van der Waals surface area (Å²) >= 11 is 5.06. The van der Waals surface area contributed by atoms with Gasteiger partial charge in [-0.15, -0.1) is 0 Å². The molecule has 0 unspecified atom stereocenters. The zero-order chi connectivity index (χ0) is 16.7. The Bertz CT molecular complexity index is 751. The molecule has 0 atom stereocenters. The fraction of sp³-hybridized carbons (Fsp3) is 0.118. The van der Waals surface area contributed by atoms with Crippen molar-refractivity contribution < 1.29 is 9.53 Å². The monoisotopic (exact) mass is 325 g/mol. The van der Waals surface area contributed by atoms with Gasteiger partial charge in [-0.05, 0) is 61.1 Å². The standard InChI is InChI=1S/C17H15N3O2S/c1-12-3-2-4-15(9-12)22-11-16(21)20-17(23)19-14-7-5-13(10-18)6-8-14/h2-9H,11H2,1H3,(H2,19,20,21,23). The van der Waals surface area contributed by atoms with Gasteiger partial charge in [-0.25, -0.2) is 0 Å². The van der Waals surface area contributed by atoms with Crippen LogP contribution in [0, 0.1) is 18.3 Å². The van der Waals surface area contributed by atoms with Crippen molar-refractivity contribution in [2.45, 2.75) is 6.92 Å². The highest BCUT2D eigenvalue weighted by Crippen LogP contribution is 2.12. The van der Waals surface area contributed by atoms with Crippen LogP contribution >= 0.6 is 12.2 Å². The largest absolute Gasteiger partial charge is 0.484 e. The van der Waals surface area contributed by atoms with Gasteiger partial charge in [0.2, 0.25) is 0 Å². The zero-order valence-corrected chi connectivity index (χ0v) is 13.3. The first-order valence-electron chi connectivity index (χ1n) is 6.87. The molecule has 0 spiro atoms. The molecule has 0 aliphatic heterocycles. The molecule has 2 aromatic carbocycles. The Hall–Kier alpha value is -2.91. The smallest absolute Gasteiger partial charge is 0.264 e. The van der Waals surface area contributed by atoms with Gasteiger partial charge in [-0.1, -0.05) is 12.1 Å². The van der Waals surface area contributed by atoms with Crippen molar-refractivity contribution in [2.75, 3.05) is 11.9 Å². The normalized spacial score (nSPS) is 9.57. The van der Waals surface area contributed by atoms with Crippen molar-refractivity contribution in [3.8, 4) is 11.8 Å². The van der Waals surface area contributed by atoms with Gasteiger partial charge in [0.15, 0.2) is 11.7 Å². The number of rotatable bonds is 4. The van der Waals surface area contributed by atoms with Crippen molar-refractivity contribution in [3.63, 3.8) is 0 Å². The van der Waals surface area contributed by atoms with Crippen LogP contribution < -0.4 is 15.4 Å². The summed E-state index contributed by atoms with van der Waals surface area (Å²) in [6.45, 7) is 1.82. The zero-order valence-electron chi connectivity index (χ0n) is 12.5. The number of hydrogen-bond donors (Lipinski definition) is 2. The third-order valence-electron chi connectivity index (χ3n) is 2.88. The number of amides is 1. The fourth-order valence-electron chi connectivity index (χ4n) is 1.81. The number of aryl methyl sites for hydroxylation is 1. The van der Waals surface area contributed by atoms with E-state index in [0.29, 0.717) is 17.0 Å². The Morgan fingerprint density at radius 1 is 1.26 bits per heavy atom. The molecule has 0 radical (unpaired) electrons. The van der Waals surface area contributed by atoms with E-state index >= 15 is 0 Å². The van der Waals surface area contributed by atoms with Crippen molar-refractivity contribution >= 4 is 28.9 Å². The van der Waals surface area contributed by atoms with E-state index in [1.54, 1.807) is 30.3 Å². The van der Waals surface area contributed by atoms with Crippen molar-refractivity contribution in [1.29, 1.82) is 5.26 Å². The molecular weight excluding hydrogens is 310 g/mol. The van der Waals surface area contributed by atoms with Crippen LogP contribution in [0.5, 0.6) is 5.75 Å². The van der Waals surface area contributed by atoms with Crippen LogP contribution in [0.3, 0.4) is 0 Å². The molecule has 6 heteroatoms. The molecule has 2 N–H and O–H groups in total. The molecule has 0 saturated carbocycles. The second-order valence-corrected chi connectivity index (χ2v) is 5.20. The number of nitrogens with one attached hydrogen (secondary N) is 2. The highest BCUT2D eigenvalue weighted by Gasteiger charge is 2.06. The first-order chi connectivity index (χ1) is 11.1. The first-order valence-corrected chi connectivity index (χ1v) is 7.28. The summed E-state index contributed by atoms with van der Waals surface area (Å²) in [5, 5.41) is 14.3. The average Bonchev–Trinajstić information content (AvgIpc) is 2.53. The number of carbonyl (C=O) groups is 1. The van der Waals surface area contributed by atoms with Gasteiger partial charge in [0.25, 0.3) is 5.91 Å². The number of hydrogen-bond acceptors (Lipinski definition) is 4. The summed E-state index contributed by atoms with van der Waals surface area (Å²) in [6, 6.07) is 16.2. The topological polar surface area (TPSA) is 74.2 Å². The van der Waals surface area contributed by atoms with Crippen LogP contribution in [0.1, 0.15) is 11.1 Å². The number of nitriles is 1. The summed E-state index contributed by atoms with van der Waals surface area (Å²) < 4.78 is 5.39. The number of benzene rings is 2. The summed E-state index contributed by atoms with van der Waals surface area (Å²) in [6.07, 6.45) is 0. The summed E-state index contributed by atoms with van der Waals surface area (Å²) in [5.74, 6) is 0.281. The van der Waals surface area contributed by atoms with Gasteiger partial charge < -0.3 is 10.1 Å². The van der Waals surface area contributed by atoms with Gasteiger partial charge in [0.05, 0.1) is 11.6 Å². The molecule has 23 heavy (non-hydrogen) atoms. The Kier molecular flexibility index (Phi) is 5.67. The highest BCUT2D eigenvalue weighted by atomic mass is 32.1. The van der Waals surface area contributed by atoms with Gasteiger partial charge in [-0.3, -0.25) is 10.1 Å².